The third-order valence-corrected chi connectivity index (χ3v) is 2.95. The van der Waals surface area contributed by atoms with Crippen molar-refractivity contribution in [2.24, 2.45) is 5.41 Å². The minimum atomic E-state index is -0.338. The van der Waals surface area contributed by atoms with E-state index in [1.807, 2.05) is 20.8 Å². The molecular weight excluding hydrogens is 244 g/mol. The van der Waals surface area contributed by atoms with Crippen molar-refractivity contribution < 1.29 is 14.3 Å². The van der Waals surface area contributed by atoms with Gasteiger partial charge >= 0.3 is 0 Å². The first-order valence-corrected chi connectivity index (χ1v) is 6.61. The standard InChI is InChI=1S/C14H26N2O3/c1-6-14(4,5)13(18)16-8-10-19-9-7-15-12(17)11(2)3/h2,6-10H2,1,3-5H3,(H,15,17)(H,16,18). The second kappa shape index (κ2) is 8.69. The van der Waals surface area contributed by atoms with Gasteiger partial charge in [0.15, 0.2) is 0 Å². The van der Waals surface area contributed by atoms with Crippen LogP contribution in [0.5, 0.6) is 0 Å². The number of amides is 2. The summed E-state index contributed by atoms with van der Waals surface area (Å²) in [6.07, 6.45) is 0.798. The summed E-state index contributed by atoms with van der Waals surface area (Å²) in [7, 11) is 0. The van der Waals surface area contributed by atoms with Crippen LogP contribution in [0.15, 0.2) is 12.2 Å². The van der Waals surface area contributed by atoms with E-state index in [0.29, 0.717) is 31.9 Å². The topological polar surface area (TPSA) is 67.4 Å². The maximum Gasteiger partial charge on any atom is 0.246 e. The van der Waals surface area contributed by atoms with E-state index >= 15 is 0 Å². The van der Waals surface area contributed by atoms with Crippen LogP contribution in [0.1, 0.15) is 34.1 Å². The van der Waals surface area contributed by atoms with Gasteiger partial charge in [-0.25, -0.2) is 0 Å². The van der Waals surface area contributed by atoms with Crippen molar-refractivity contribution in [3.8, 4) is 0 Å². The Morgan fingerprint density at radius 1 is 1.16 bits per heavy atom. The number of rotatable bonds is 9. The molecule has 0 rings (SSSR count). The normalized spacial score (nSPS) is 10.9. The fourth-order valence-electron chi connectivity index (χ4n) is 1.13. The summed E-state index contributed by atoms with van der Waals surface area (Å²) in [5.41, 5.74) is 0.143. The number of carbonyl (C=O) groups excluding carboxylic acids is 2. The van der Waals surface area contributed by atoms with E-state index in [-0.39, 0.29) is 17.2 Å². The van der Waals surface area contributed by atoms with Gasteiger partial charge in [-0.1, -0.05) is 27.4 Å². The highest BCUT2D eigenvalue weighted by atomic mass is 16.5. The lowest BCUT2D eigenvalue weighted by molar-refractivity contribution is -0.129. The van der Waals surface area contributed by atoms with Crippen LogP contribution in [0.2, 0.25) is 0 Å². The number of nitrogens with one attached hydrogen (secondary N) is 2. The van der Waals surface area contributed by atoms with Crippen molar-refractivity contribution in [3.63, 3.8) is 0 Å². The monoisotopic (exact) mass is 270 g/mol. The summed E-state index contributed by atoms with van der Waals surface area (Å²) >= 11 is 0. The maximum absolute atomic E-state index is 11.7. The Kier molecular flexibility index (Phi) is 8.07. The quantitative estimate of drug-likeness (QED) is 0.489. The Labute approximate surface area is 115 Å². The highest BCUT2D eigenvalue weighted by Gasteiger charge is 2.24. The molecule has 0 aromatic heterocycles. The van der Waals surface area contributed by atoms with Crippen LogP contribution in [-0.4, -0.2) is 38.1 Å². The highest BCUT2D eigenvalue weighted by Crippen LogP contribution is 2.18. The molecule has 2 N–H and O–H groups in total. The molecule has 0 aromatic rings. The molecule has 5 nitrogen and oxygen atoms in total. The van der Waals surface area contributed by atoms with E-state index in [0.717, 1.165) is 6.42 Å². The first-order valence-electron chi connectivity index (χ1n) is 6.61. The molecule has 0 unspecified atom stereocenters. The van der Waals surface area contributed by atoms with E-state index in [4.69, 9.17) is 4.74 Å². The maximum atomic E-state index is 11.7. The molecule has 110 valence electrons. The first kappa shape index (κ1) is 17.6. The summed E-state index contributed by atoms with van der Waals surface area (Å²) in [6, 6.07) is 0. The zero-order valence-electron chi connectivity index (χ0n) is 12.5. The molecule has 0 aromatic carbocycles. The number of hydrogen-bond donors (Lipinski definition) is 2. The molecule has 5 heteroatoms. The van der Waals surface area contributed by atoms with Gasteiger partial charge in [-0.15, -0.1) is 0 Å². The molecule has 19 heavy (non-hydrogen) atoms. The molecule has 0 saturated carbocycles. The third-order valence-electron chi connectivity index (χ3n) is 2.95. The van der Waals surface area contributed by atoms with Crippen molar-refractivity contribution >= 4 is 11.8 Å². The van der Waals surface area contributed by atoms with Crippen LogP contribution in [0.25, 0.3) is 0 Å². The van der Waals surface area contributed by atoms with Gasteiger partial charge in [0.2, 0.25) is 11.8 Å². The van der Waals surface area contributed by atoms with Crippen LogP contribution in [-0.2, 0) is 14.3 Å². The molecule has 0 aliphatic rings. The lowest BCUT2D eigenvalue weighted by atomic mass is 9.89. The molecule has 0 heterocycles. The van der Waals surface area contributed by atoms with Crippen LogP contribution >= 0.6 is 0 Å². The van der Waals surface area contributed by atoms with Crippen LogP contribution < -0.4 is 10.6 Å². The lowest BCUT2D eigenvalue weighted by Crippen LogP contribution is -2.38. The van der Waals surface area contributed by atoms with Crippen LogP contribution in [0.3, 0.4) is 0 Å². The molecule has 0 aliphatic heterocycles. The third kappa shape index (κ3) is 7.62. The number of carbonyl (C=O) groups is 2. The fraction of sp³-hybridized carbons (Fsp3) is 0.714. The van der Waals surface area contributed by atoms with Crippen molar-refractivity contribution in [2.75, 3.05) is 26.3 Å². The summed E-state index contributed by atoms with van der Waals surface area (Å²) in [6.45, 7) is 12.8. The van der Waals surface area contributed by atoms with E-state index in [1.165, 1.54) is 0 Å². The molecule has 0 saturated heterocycles. The van der Waals surface area contributed by atoms with E-state index < -0.39 is 0 Å². The summed E-state index contributed by atoms with van der Waals surface area (Å²) < 4.78 is 5.30. The summed E-state index contributed by atoms with van der Waals surface area (Å²) in [5.74, 6) is -0.129. The van der Waals surface area contributed by atoms with Gasteiger partial charge in [-0.3, -0.25) is 9.59 Å². The molecule has 0 atom stereocenters. The SMILES string of the molecule is C=C(C)C(=O)NCCOCCNC(=O)C(C)(C)CC. The predicted molar refractivity (Wildman–Crippen MR) is 75.7 cm³/mol. The van der Waals surface area contributed by atoms with E-state index in [1.54, 1.807) is 6.92 Å². The zero-order valence-corrected chi connectivity index (χ0v) is 12.5. The minimum absolute atomic E-state index is 0.0363. The van der Waals surface area contributed by atoms with Gasteiger partial charge in [0.05, 0.1) is 13.2 Å². The Bertz CT molecular complexity index is 325. The van der Waals surface area contributed by atoms with Gasteiger partial charge in [0.1, 0.15) is 0 Å². The molecule has 0 bridgehead atoms. The molecule has 0 spiro atoms. The number of hydrogen-bond acceptors (Lipinski definition) is 3. The Morgan fingerprint density at radius 2 is 1.68 bits per heavy atom. The van der Waals surface area contributed by atoms with E-state index in [9.17, 15) is 9.59 Å². The van der Waals surface area contributed by atoms with Gasteiger partial charge in [-0.05, 0) is 13.3 Å². The smallest absolute Gasteiger partial charge is 0.246 e. The van der Waals surface area contributed by atoms with Gasteiger partial charge in [0.25, 0.3) is 0 Å². The van der Waals surface area contributed by atoms with Gasteiger partial charge < -0.3 is 15.4 Å². The van der Waals surface area contributed by atoms with Crippen molar-refractivity contribution in [1.82, 2.24) is 10.6 Å². The Hall–Kier alpha value is -1.36. The van der Waals surface area contributed by atoms with Crippen molar-refractivity contribution in [2.45, 2.75) is 34.1 Å². The van der Waals surface area contributed by atoms with Crippen molar-refractivity contribution in [1.29, 1.82) is 0 Å². The average Bonchev–Trinajstić information content (AvgIpc) is 2.36. The summed E-state index contributed by atoms with van der Waals surface area (Å²) in [5, 5.41) is 5.49. The molecular formula is C14H26N2O3. The predicted octanol–water partition coefficient (Wildman–Crippen LogP) is 1.25. The molecule has 0 radical (unpaired) electrons. The fourth-order valence-corrected chi connectivity index (χ4v) is 1.13. The second-order valence-electron chi connectivity index (χ2n) is 5.14. The second-order valence-corrected chi connectivity index (χ2v) is 5.14. The van der Waals surface area contributed by atoms with E-state index in [2.05, 4.69) is 17.2 Å². The Balaban J connectivity index is 3.54. The van der Waals surface area contributed by atoms with Crippen molar-refractivity contribution in [3.05, 3.63) is 12.2 Å². The molecule has 2 amide bonds. The first-order chi connectivity index (χ1) is 8.81. The van der Waals surface area contributed by atoms with Gasteiger partial charge in [0, 0.05) is 24.1 Å². The highest BCUT2D eigenvalue weighted by molar-refractivity contribution is 5.92. The Morgan fingerprint density at radius 3 is 2.16 bits per heavy atom. The number of ether oxygens (including phenoxy) is 1. The van der Waals surface area contributed by atoms with Crippen LogP contribution in [0, 0.1) is 5.41 Å². The molecule has 0 fully saturated rings. The zero-order chi connectivity index (χ0) is 14.9. The minimum Gasteiger partial charge on any atom is -0.378 e. The lowest BCUT2D eigenvalue weighted by Gasteiger charge is -2.21. The average molecular weight is 270 g/mol. The largest absolute Gasteiger partial charge is 0.378 e. The van der Waals surface area contributed by atoms with Gasteiger partial charge in [-0.2, -0.15) is 0 Å². The van der Waals surface area contributed by atoms with Crippen LogP contribution in [0.4, 0.5) is 0 Å². The molecule has 0 aliphatic carbocycles. The summed E-state index contributed by atoms with van der Waals surface area (Å²) in [4.78, 5) is 22.9.